The highest BCUT2D eigenvalue weighted by molar-refractivity contribution is 7.10. The highest BCUT2D eigenvalue weighted by atomic mass is 32.1. The van der Waals surface area contributed by atoms with Gasteiger partial charge < -0.3 is 10.1 Å². The number of benzene rings is 1. The van der Waals surface area contributed by atoms with Crippen LogP contribution in [0.4, 0.5) is 10.9 Å². The lowest BCUT2D eigenvalue weighted by Gasteiger charge is -2.07. The van der Waals surface area contributed by atoms with E-state index in [0.29, 0.717) is 17.3 Å². The van der Waals surface area contributed by atoms with Crippen molar-refractivity contribution in [1.29, 1.82) is 5.26 Å². The van der Waals surface area contributed by atoms with Gasteiger partial charge >= 0.3 is 0 Å². The summed E-state index contributed by atoms with van der Waals surface area (Å²) in [5.74, 6) is 1.05. The fraction of sp³-hybridized carbons (Fsp3) is 0.125. The Kier molecular flexibility index (Phi) is 4.17. The Morgan fingerprint density at radius 3 is 2.57 bits per heavy atom. The van der Waals surface area contributed by atoms with Crippen molar-refractivity contribution in [3.63, 3.8) is 0 Å². The third-order valence-electron chi connectivity index (χ3n) is 3.17. The van der Waals surface area contributed by atoms with Crippen LogP contribution in [0.5, 0.6) is 5.75 Å². The summed E-state index contributed by atoms with van der Waals surface area (Å²) in [5.41, 5.74) is 3.19. The number of nitriles is 1. The number of aromatic nitrogens is 3. The van der Waals surface area contributed by atoms with Crippen LogP contribution in [0.25, 0.3) is 11.1 Å². The second-order valence-electron chi connectivity index (χ2n) is 4.78. The highest BCUT2D eigenvalue weighted by Gasteiger charge is 2.07. The van der Waals surface area contributed by atoms with Crippen molar-refractivity contribution >= 4 is 22.5 Å². The fourth-order valence-corrected chi connectivity index (χ4v) is 2.69. The van der Waals surface area contributed by atoms with Gasteiger partial charge in [-0.15, -0.1) is 0 Å². The third-order valence-corrected chi connectivity index (χ3v) is 3.97. The van der Waals surface area contributed by atoms with Crippen LogP contribution in [-0.4, -0.2) is 21.5 Å². The van der Waals surface area contributed by atoms with E-state index in [2.05, 4.69) is 25.7 Å². The number of nitrogens with zero attached hydrogens (tertiary/aromatic N) is 4. The number of methoxy groups -OCH3 is 1. The van der Waals surface area contributed by atoms with Crippen molar-refractivity contribution in [2.45, 2.75) is 6.92 Å². The van der Waals surface area contributed by atoms with E-state index in [-0.39, 0.29) is 0 Å². The molecule has 0 radical (unpaired) electrons. The van der Waals surface area contributed by atoms with Crippen LogP contribution in [0.3, 0.4) is 0 Å². The predicted molar refractivity (Wildman–Crippen MR) is 88.9 cm³/mol. The SMILES string of the molecule is COc1cc(-c2cnc(Nc3cc(C)ns3)nc2)ccc1C#N. The number of nitrogens with one attached hydrogen (secondary N) is 1. The van der Waals surface area contributed by atoms with Gasteiger partial charge in [0.15, 0.2) is 0 Å². The maximum atomic E-state index is 9.02. The average Bonchev–Trinajstić information content (AvgIpc) is 3.00. The molecule has 0 spiro atoms. The molecule has 2 aromatic heterocycles. The molecule has 0 atom stereocenters. The van der Waals surface area contributed by atoms with Gasteiger partial charge in [0.05, 0.1) is 18.4 Å². The van der Waals surface area contributed by atoms with Crippen LogP contribution < -0.4 is 10.1 Å². The molecule has 1 N–H and O–H groups in total. The predicted octanol–water partition coefficient (Wildman–Crippen LogP) is 3.53. The summed E-state index contributed by atoms with van der Waals surface area (Å²) in [7, 11) is 1.54. The van der Waals surface area contributed by atoms with E-state index in [9.17, 15) is 0 Å². The van der Waals surface area contributed by atoms with Crippen molar-refractivity contribution in [2.24, 2.45) is 0 Å². The molecule has 23 heavy (non-hydrogen) atoms. The first kappa shape index (κ1) is 14.9. The lowest BCUT2D eigenvalue weighted by atomic mass is 10.1. The number of aryl methyl sites for hydroxylation is 1. The van der Waals surface area contributed by atoms with E-state index < -0.39 is 0 Å². The van der Waals surface area contributed by atoms with Crippen LogP contribution in [0.15, 0.2) is 36.7 Å². The Labute approximate surface area is 137 Å². The van der Waals surface area contributed by atoms with Crippen molar-refractivity contribution in [3.8, 4) is 22.9 Å². The molecule has 0 saturated carbocycles. The highest BCUT2D eigenvalue weighted by Crippen LogP contribution is 2.27. The average molecular weight is 323 g/mol. The van der Waals surface area contributed by atoms with Gasteiger partial charge in [0.1, 0.15) is 16.8 Å². The van der Waals surface area contributed by atoms with Gasteiger partial charge in [0, 0.05) is 18.0 Å². The van der Waals surface area contributed by atoms with E-state index >= 15 is 0 Å². The topological polar surface area (TPSA) is 83.7 Å². The zero-order valence-corrected chi connectivity index (χ0v) is 13.4. The quantitative estimate of drug-likeness (QED) is 0.790. The molecule has 114 valence electrons. The van der Waals surface area contributed by atoms with Crippen LogP contribution in [0.2, 0.25) is 0 Å². The van der Waals surface area contributed by atoms with Crippen molar-refractivity contribution < 1.29 is 4.74 Å². The minimum Gasteiger partial charge on any atom is -0.495 e. The van der Waals surface area contributed by atoms with Gasteiger partial charge in [-0.05, 0) is 42.2 Å². The Morgan fingerprint density at radius 1 is 1.17 bits per heavy atom. The second-order valence-corrected chi connectivity index (χ2v) is 5.58. The molecule has 0 saturated heterocycles. The molecule has 0 aliphatic carbocycles. The zero-order valence-electron chi connectivity index (χ0n) is 12.6. The van der Waals surface area contributed by atoms with Gasteiger partial charge in [-0.25, -0.2) is 9.97 Å². The van der Waals surface area contributed by atoms with E-state index in [4.69, 9.17) is 10.00 Å². The zero-order chi connectivity index (χ0) is 16.2. The Balaban J connectivity index is 1.83. The van der Waals surface area contributed by atoms with E-state index in [0.717, 1.165) is 21.8 Å². The fourth-order valence-electron chi connectivity index (χ4n) is 2.04. The molecular weight excluding hydrogens is 310 g/mol. The number of hydrogen-bond donors (Lipinski definition) is 1. The lowest BCUT2D eigenvalue weighted by molar-refractivity contribution is 0.413. The molecule has 0 amide bonds. The summed E-state index contributed by atoms with van der Waals surface area (Å²) in [6, 6.07) is 9.40. The smallest absolute Gasteiger partial charge is 0.227 e. The molecular formula is C16H13N5OS. The number of rotatable bonds is 4. The van der Waals surface area contributed by atoms with Crippen molar-refractivity contribution in [3.05, 3.63) is 47.9 Å². The minimum absolute atomic E-state index is 0.496. The minimum atomic E-state index is 0.496. The van der Waals surface area contributed by atoms with Gasteiger partial charge in [0.2, 0.25) is 5.95 Å². The molecule has 3 rings (SSSR count). The van der Waals surface area contributed by atoms with E-state index in [1.165, 1.54) is 11.5 Å². The number of anilines is 2. The second kappa shape index (κ2) is 6.42. The molecule has 1 aromatic carbocycles. The summed E-state index contributed by atoms with van der Waals surface area (Å²) in [5, 5.41) is 13.0. The Morgan fingerprint density at radius 2 is 1.96 bits per heavy atom. The molecule has 0 aliphatic heterocycles. The van der Waals surface area contributed by atoms with E-state index in [1.807, 2.05) is 19.1 Å². The molecule has 7 heteroatoms. The van der Waals surface area contributed by atoms with Crippen molar-refractivity contribution in [1.82, 2.24) is 14.3 Å². The molecule has 3 aromatic rings. The summed E-state index contributed by atoms with van der Waals surface area (Å²) in [4.78, 5) is 8.62. The van der Waals surface area contributed by atoms with Crippen LogP contribution in [0.1, 0.15) is 11.3 Å². The summed E-state index contributed by atoms with van der Waals surface area (Å²) >= 11 is 1.37. The van der Waals surface area contributed by atoms with Crippen LogP contribution >= 0.6 is 11.5 Å². The van der Waals surface area contributed by atoms with Gasteiger partial charge in [-0.3, -0.25) is 0 Å². The first-order valence-corrected chi connectivity index (χ1v) is 7.58. The molecule has 0 unspecified atom stereocenters. The summed E-state index contributed by atoms with van der Waals surface area (Å²) in [6.07, 6.45) is 3.45. The van der Waals surface area contributed by atoms with Gasteiger partial charge in [-0.2, -0.15) is 9.64 Å². The standard InChI is InChI=1S/C16H13N5OS/c1-10-5-15(23-21-10)20-16-18-8-13(9-19-16)11-3-4-12(7-17)14(6-11)22-2/h3-6,8-9H,1-2H3,(H,18,19,20). The van der Waals surface area contributed by atoms with Crippen LogP contribution in [0, 0.1) is 18.3 Å². The van der Waals surface area contributed by atoms with Gasteiger partial charge in [0.25, 0.3) is 0 Å². The summed E-state index contributed by atoms with van der Waals surface area (Å²) in [6.45, 7) is 1.93. The molecule has 6 nitrogen and oxygen atoms in total. The molecule has 0 aliphatic rings. The maximum Gasteiger partial charge on any atom is 0.227 e. The summed E-state index contributed by atoms with van der Waals surface area (Å²) < 4.78 is 9.42. The monoisotopic (exact) mass is 323 g/mol. The maximum absolute atomic E-state index is 9.02. The Bertz CT molecular complexity index is 867. The van der Waals surface area contributed by atoms with Gasteiger partial charge in [-0.1, -0.05) is 6.07 Å². The van der Waals surface area contributed by atoms with E-state index in [1.54, 1.807) is 31.6 Å². The molecule has 2 heterocycles. The number of ether oxygens (including phenoxy) is 1. The molecule has 0 fully saturated rings. The third kappa shape index (κ3) is 3.27. The Hall–Kier alpha value is -2.98. The normalized spacial score (nSPS) is 10.1. The first-order chi connectivity index (χ1) is 11.2. The molecule has 0 bridgehead atoms. The first-order valence-electron chi connectivity index (χ1n) is 6.80. The largest absolute Gasteiger partial charge is 0.495 e. The lowest BCUT2D eigenvalue weighted by Crippen LogP contribution is -1.95. The number of hydrogen-bond acceptors (Lipinski definition) is 7. The van der Waals surface area contributed by atoms with Crippen LogP contribution in [-0.2, 0) is 0 Å². The van der Waals surface area contributed by atoms with Crippen molar-refractivity contribution in [2.75, 3.05) is 12.4 Å².